The number of piperazine rings is 1. The van der Waals surface area contributed by atoms with Crippen molar-refractivity contribution in [3.05, 3.63) is 48.3 Å². The molecule has 0 unspecified atom stereocenters. The summed E-state index contributed by atoms with van der Waals surface area (Å²) in [6.07, 6.45) is 2.70. The van der Waals surface area contributed by atoms with Crippen molar-refractivity contribution < 1.29 is 4.79 Å². The van der Waals surface area contributed by atoms with Crippen LogP contribution in [0.15, 0.2) is 42.6 Å². The number of anilines is 2. The zero-order valence-electron chi connectivity index (χ0n) is 15.6. The molecule has 1 aliphatic rings. The second-order valence-electron chi connectivity index (χ2n) is 6.99. The number of amides is 1. The molecule has 138 valence electrons. The average Bonchev–Trinajstić information content (AvgIpc) is 2.68. The average molecular weight is 353 g/mol. The summed E-state index contributed by atoms with van der Waals surface area (Å²) in [5.74, 6) is 1.12. The van der Waals surface area contributed by atoms with Crippen molar-refractivity contribution in [2.24, 2.45) is 5.92 Å². The SMILES string of the molecule is CC(C)CCNc1nccc(C(=O)N2CCN(c3ccccc3)CC2)n1. The van der Waals surface area contributed by atoms with E-state index in [2.05, 4.69) is 46.2 Å². The van der Waals surface area contributed by atoms with Crippen LogP contribution in [0.5, 0.6) is 0 Å². The highest BCUT2D eigenvalue weighted by Gasteiger charge is 2.23. The Morgan fingerprint density at radius 1 is 1.12 bits per heavy atom. The van der Waals surface area contributed by atoms with Crippen molar-refractivity contribution in [3.63, 3.8) is 0 Å². The first-order valence-electron chi connectivity index (χ1n) is 9.29. The number of carbonyl (C=O) groups is 1. The first-order chi connectivity index (χ1) is 12.6. The lowest BCUT2D eigenvalue weighted by Gasteiger charge is -2.36. The Morgan fingerprint density at radius 2 is 1.85 bits per heavy atom. The summed E-state index contributed by atoms with van der Waals surface area (Å²) in [6, 6.07) is 12.0. The third kappa shape index (κ3) is 4.71. The van der Waals surface area contributed by atoms with Crippen LogP contribution in [0.2, 0.25) is 0 Å². The van der Waals surface area contributed by atoms with Crippen molar-refractivity contribution >= 4 is 17.5 Å². The third-order valence-electron chi connectivity index (χ3n) is 4.57. The number of aromatic nitrogens is 2. The molecule has 0 atom stereocenters. The smallest absolute Gasteiger partial charge is 0.272 e. The number of para-hydroxylation sites is 1. The van der Waals surface area contributed by atoms with Crippen molar-refractivity contribution in [2.45, 2.75) is 20.3 Å². The Kier molecular flexibility index (Phi) is 6.04. The molecule has 1 aromatic heterocycles. The number of rotatable bonds is 6. The van der Waals surface area contributed by atoms with Gasteiger partial charge in [-0.3, -0.25) is 4.79 Å². The standard InChI is InChI=1S/C20H27N5O/c1-16(2)8-10-21-20-22-11-9-18(23-20)19(26)25-14-12-24(13-15-25)17-6-4-3-5-7-17/h3-7,9,11,16H,8,10,12-15H2,1-2H3,(H,21,22,23). The normalized spacial score (nSPS) is 14.6. The molecular formula is C20H27N5O. The van der Waals surface area contributed by atoms with E-state index in [0.717, 1.165) is 26.1 Å². The highest BCUT2D eigenvalue weighted by Crippen LogP contribution is 2.16. The number of hydrogen-bond acceptors (Lipinski definition) is 5. The molecule has 26 heavy (non-hydrogen) atoms. The minimum atomic E-state index is -0.0213. The van der Waals surface area contributed by atoms with Gasteiger partial charge in [0.1, 0.15) is 5.69 Å². The molecule has 2 heterocycles. The van der Waals surface area contributed by atoms with Crippen molar-refractivity contribution in [3.8, 4) is 0 Å². The molecule has 1 fully saturated rings. The van der Waals surface area contributed by atoms with Crippen molar-refractivity contribution in [1.82, 2.24) is 14.9 Å². The lowest BCUT2D eigenvalue weighted by molar-refractivity contribution is 0.0741. The van der Waals surface area contributed by atoms with Gasteiger partial charge < -0.3 is 15.1 Å². The van der Waals surface area contributed by atoms with Crippen LogP contribution in [0.4, 0.5) is 11.6 Å². The molecule has 0 aliphatic carbocycles. The summed E-state index contributed by atoms with van der Waals surface area (Å²) in [5.41, 5.74) is 1.67. The summed E-state index contributed by atoms with van der Waals surface area (Å²) >= 11 is 0. The number of benzene rings is 1. The lowest BCUT2D eigenvalue weighted by atomic mass is 10.1. The maximum atomic E-state index is 12.8. The van der Waals surface area contributed by atoms with E-state index in [1.165, 1.54) is 5.69 Å². The maximum absolute atomic E-state index is 12.8. The lowest BCUT2D eigenvalue weighted by Crippen LogP contribution is -2.49. The van der Waals surface area contributed by atoms with E-state index in [-0.39, 0.29) is 5.91 Å². The van der Waals surface area contributed by atoms with Gasteiger partial charge in [-0.05, 0) is 30.5 Å². The summed E-state index contributed by atoms with van der Waals surface area (Å²) in [5, 5.41) is 3.20. The van der Waals surface area contributed by atoms with Gasteiger partial charge in [0.15, 0.2) is 0 Å². The fraction of sp³-hybridized carbons (Fsp3) is 0.450. The van der Waals surface area contributed by atoms with E-state index in [9.17, 15) is 4.79 Å². The van der Waals surface area contributed by atoms with E-state index >= 15 is 0 Å². The van der Waals surface area contributed by atoms with E-state index in [0.29, 0.717) is 30.6 Å². The highest BCUT2D eigenvalue weighted by atomic mass is 16.2. The van der Waals surface area contributed by atoms with Crippen LogP contribution in [-0.4, -0.2) is 53.5 Å². The van der Waals surface area contributed by atoms with Gasteiger partial charge >= 0.3 is 0 Å². The Morgan fingerprint density at radius 3 is 2.54 bits per heavy atom. The van der Waals surface area contributed by atoms with Gasteiger partial charge in [-0.2, -0.15) is 0 Å². The topological polar surface area (TPSA) is 61.4 Å². The molecule has 1 aromatic carbocycles. The largest absolute Gasteiger partial charge is 0.368 e. The van der Waals surface area contributed by atoms with Gasteiger partial charge in [0.2, 0.25) is 5.95 Å². The molecule has 0 spiro atoms. The molecule has 1 amide bonds. The van der Waals surface area contributed by atoms with E-state index in [1.54, 1.807) is 12.3 Å². The quantitative estimate of drug-likeness (QED) is 0.865. The van der Waals surface area contributed by atoms with Crippen LogP contribution >= 0.6 is 0 Å². The molecule has 1 saturated heterocycles. The van der Waals surface area contributed by atoms with Gasteiger partial charge in [0, 0.05) is 44.6 Å². The molecule has 2 aromatic rings. The fourth-order valence-electron chi connectivity index (χ4n) is 3.00. The zero-order chi connectivity index (χ0) is 18.4. The zero-order valence-corrected chi connectivity index (χ0v) is 15.6. The summed E-state index contributed by atoms with van der Waals surface area (Å²) in [7, 11) is 0. The predicted octanol–water partition coefficient (Wildman–Crippen LogP) is 2.90. The summed E-state index contributed by atoms with van der Waals surface area (Å²) in [6.45, 7) is 8.24. The molecule has 1 N–H and O–H groups in total. The van der Waals surface area contributed by atoms with Crippen molar-refractivity contribution in [1.29, 1.82) is 0 Å². The Balaban J connectivity index is 1.56. The van der Waals surface area contributed by atoms with E-state index < -0.39 is 0 Å². The monoisotopic (exact) mass is 353 g/mol. The van der Waals surface area contributed by atoms with Crippen LogP contribution in [-0.2, 0) is 0 Å². The van der Waals surface area contributed by atoms with Crippen LogP contribution in [0.3, 0.4) is 0 Å². The molecule has 6 nitrogen and oxygen atoms in total. The predicted molar refractivity (Wildman–Crippen MR) is 105 cm³/mol. The Labute approximate surface area is 155 Å². The van der Waals surface area contributed by atoms with Crippen LogP contribution in [0, 0.1) is 5.92 Å². The fourth-order valence-corrected chi connectivity index (χ4v) is 3.00. The minimum Gasteiger partial charge on any atom is -0.368 e. The van der Waals surface area contributed by atoms with Gasteiger partial charge in [0.25, 0.3) is 5.91 Å². The minimum absolute atomic E-state index is 0.0213. The highest BCUT2D eigenvalue weighted by molar-refractivity contribution is 5.92. The second-order valence-corrected chi connectivity index (χ2v) is 6.99. The van der Waals surface area contributed by atoms with E-state index in [1.807, 2.05) is 23.1 Å². The Bertz CT molecular complexity index is 711. The number of nitrogens with zero attached hydrogens (tertiary/aromatic N) is 4. The Hall–Kier alpha value is -2.63. The third-order valence-corrected chi connectivity index (χ3v) is 4.57. The molecule has 3 rings (SSSR count). The van der Waals surface area contributed by atoms with Crippen LogP contribution in [0.25, 0.3) is 0 Å². The number of hydrogen-bond donors (Lipinski definition) is 1. The molecule has 1 aliphatic heterocycles. The van der Waals surface area contributed by atoms with Gasteiger partial charge in [0.05, 0.1) is 0 Å². The van der Waals surface area contributed by atoms with Crippen LogP contribution < -0.4 is 10.2 Å². The molecule has 6 heteroatoms. The van der Waals surface area contributed by atoms with Crippen molar-refractivity contribution in [2.75, 3.05) is 42.9 Å². The number of carbonyl (C=O) groups excluding carboxylic acids is 1. The maximum Gasteiger partial charge on any atom is 0.272 e. The first kappa shape index (κ1) is 18.2. The second kappa shape index (κ2) is 8.65. The van der Waals surface area contributed by atoms with Gasteiger partial charge in [-0.15, -0.1) is 0 Å². The van der Waals surface area contributed by atoms with E-state index in [4.69, 9.17) is 0 Å². The molecular weight excluding hydrogens is 326 g/mol. The molecule has 0 bridgehead atoms. The summed E-state index contributed by atoms with van der Waals surface area (Å²) in [4.78, 5) is 25.6. The molecule has 0 saturated carbocycles. The first-order valence-corrected chi connectivity index (χ1v) is 9.29. The summed E-state index contributed by atoms with van der Waals surface area (Å²) < 4.78 is 0. The molecule has 0 radical (unpaired) electrons. The van der Waals surface area contributed by atoms with Crippen LogP contribution in [0.1, 0.15) is 30.8 Å². The van der Waals surface area contributed by atoms with Gasteiger partial charge in [-0.25, -0.2) is 9.97 Å². The van der Waals surface area contributed by atoms with Gasteiger partial charge in [-0.1, -0.05) is 32.0 Å². The number of nitrogens with one attached hydrogen (secondary N) is 1.